The van der Waals surface area contributed by atoms with Gasteiger partial charge in [0.25, 0.3) is 0 Å². The van der Waals surface area contributed by atoms with Crippen molar-refractivity contribution in [2.24, 2.45) is 0 Å². The van der Waals surface area contributed by atoms with Gasteiger partial charge in [-0.2, -0.15) is 0 Å². The van der Waals surface area contributed by atoms with E-state index in [1.165, 1.54) is 0 Å². The van der Waals surface area contributed by atoms with E-state index in [1.807, 2.05) is 36.4 Å². The van der Waals surface area contributed by atoms with E-state index < -0.39 is 5.97 Å². The van der Waals surface area contributed by atoms with E-state index in [4.69, 9.17) is 5.11 Å². The fourth-order valence-corrected chi connectivity index (χ4v) is 2.63. The highest BCUT2D eigenvalue weighted by atomic mass is 16.4. The largest absolute Gasteiger partial charge is 0.478 e. The van der Waals surface area contributed by atoms with Crippen molar-refractivity contribution in [1.82, 2.24) is 15.0 Å². The Kier molecular flexibility index (Phi) is 3.99. The van der Waals surface area contributed by atoms with Gasteiger partial charge >= 0.3 is 5.97 Å². The molecule has 0 atom stereocenters. The van der Waals surface area contributed by atoms with Gasteiger partial charge in [-0.1, -0.05) is 12.1 Å². The summed E-state index contributed by atoms with van der Waals surface area (Å²) in [5, 5.41) is 13.2. The molecule has 4 aromatic rings. The monoisotopic (exact) mass is 342 g/mol. The van der Waals surface area contributed by atoms with Crippen LogP contribution >= 0.6 is 0 Å². The molecule has 2 aromatic carbocycles. The molecule has 0 bridgehead atoms. The van der Waals surface area contributed by atoms with Gasteiger partial charge in [-0.3, -0.25) is 4.98 Å². The van der Waals surface area contributed by atoms with Crippen LogP contribution in [-0.4, -0.2) is 26.0 Å². The summed E-state index contributed by atoms with van der Waals surface area (Å²) in [4.78, 5) is 24.3. The zero-order valence-electron chi connectivity index (χ0n) is 13.6. The maximum Gasteiger partial charge on any atom is 0.335 e. The molecule has 0 aliphatic carbocycles. The van der Waals surface area contributed by atoms with E-state index in [2.05, 4.69) is 20.3 Å². The number of pyridine rings is 1. The molecule has 6 heteroatoms. The maximum absolute atomic E-state index is 11.0. The van der Waals surface area contributed by atoms with Gasteiger partial charge in [-0.25, -0.2) is 14.8 Å². The van der Waals surface area contributed by atoms with Crippen molar-refractivity contribution in [2.45, 2.75) is 0 Å². The molecule has 0 aliphatic rings. The van der Waals surface area contributed by atoms with Crippen LogP contribution in [0.25, 0.3) is 22.3 Å². The number of carboxylic acids is 1. The lowest BCUT2D eigenvalue weighted by atomic mass is 10.2. The third-order valence-electron chi connectivity index (χ3n) is 3.94. The topological polar surface area (TPSA) is 88.0 Å². The lowest BCUT2D eigenvalue weighted by Crippen LogP contribution is -2.00. The predicted octanol–water partition coefficient (Wildman–Crippen LogP) is 4.13. The van der Waals surface area contributed by atoms with Gasteiger partial charge in [0, 0.05) is 29.0 Å². The summed E-state index contributed by atoms with van der Waals surface area (Å²) in [5.41, 5.74) is 2.68. The summed E-state index contributed by atoms with van der Waals surface area (Å²) in [5.74, 6) is 0.297. The molecule has 0 aliphatic heterocycles. The molecule has 0 saturated carbocycles. The van der Waals surface area contributed by atoms with Crippen LogP contribution in [0.5, 0.6) is 0 Å². The minimum atomic E-state index is -0.955. The summed E-state index contributed by atoms with van der Waals surface area (Å²) in [6, 6.07) is 18.0. The maximum atomic E-state index is 11.0. The zero-order valence-corrected chi connectivity index (χ0v) is 13.6. The van der Waals surface area contributed by atoms with Crippen molar-refractivity contribution < 1.29 is 9.90 Å². The Labute approximate surface area is 149 Å². The lowest BCUT2D eigenvalue weighted by Gasteiger charge is -2.11. The van der Waals surface area contributed by atoms with Crippen LogP contribution in [-0.2, 0) is 0 Å². The van der Waals surface area contributed by atoms with Crippen molar-refractivity contribution in [3.05, 3.63) is 78.6 Å². The number of fused-ring (bicyclic) bond motifs is 1. The SMILES string of the molecule is O=C(O)c1ccc(Nc2nc(-c3ccncc3)nc3ccccc23)cc1. The smallest absolute Gasteiger partial charge is 0.335 e. The molecule has 0 fully saturated rings. The van der Waals surface area contributed by atoms with Gasteiger partial charge in [0.1, 0.15) is 5.82 Å². The fourth-order valence-electron chi connectivity index (χ4n) is 2.63. The predicted molar refractivity (Wildman–Crippen MR) is 99.5 cm³/mol. The fraction of sp³-hybridized carbons (Fsp3) is 0. The molecule has 126 valence electrons. The molecule has 0 amide bonds. The summed E-state index contributed by atoms with van der Waals surface area (Å²) in [6.45, 7) is 0. The van der Waals surface area contributed by atoms with E-state index in [1.54, 1.807) is 36.7 Å². The minimum Gasteiger partial charge on any atom is -0.478 e. The van der Waals surface area contributed by atoms with Crippen molar-refractivity contribution in [3.63, 3.8) is 0 Å². The number of carbonyl (C=O) groups is 1. The number of anilines is 2. The van der Waals surface area contributed by atoms with Crippen molar-refractivity contribution in [2.75, 3.05) is 5.32 Å². The van der Waals surface area contributed by atoms with Crippen LogP contribution in [0.2, 0.25) is 0 Å². The molecular formula is C20H14N4O2. The number of nitrogens with one attached hydrogen (secondary N) is 1. The average Bonchev–Trinajstić information content (AvgIpc) is 2.69. The van der Waals surface area contributed by atoms with Gasteiger partial charge in [-0.05, 0) is 48.5 Å². The molecule has 0 saturated heterocycles. The molecule has 4 rings (SSSR count). The van der Waals surface area contributed by atoms with Crippen molar-refractivity contribution >= 4 is 28.4 Å². The summed E-state index contributed by atoms with van der Waals surface area (Å²) >= 11 is 0. The third kappa shape index (κ3) is 3.08. The molecule has 2 aromatic heterocycles. The van der Waals surface area contributed by atoms with Crippen LogP contribution in [0.3, 0.4) is 0 Å². The van der Waals surface area contributed by atoms with Gasteiger partial charge < -0.3 is 10.4 Å². The van der Waals surface area contributed by atoms with Crippen LogP contribution in [0.4, 0.5) is 11.5 Å². The van der Waals surface area contributed by atoms with Crippen LogP contribution in [0, 0.1) is 0 Å². The standard InChI is InChI=1S/C20H14N4O2/c25-20(26)14-5-7-15(8-6-14)22-19-16-3-1-2-4-17(16)23-18(24-19)13-9-11-21-12-10-13/h1-12H,(H,25,26)(H,22,23,24). The number of rotatable bonds is 4. The Hall–Kier alpha value is -3.80. The second-order valence-electron chi connectivity index (χ2n) is 5.66. The van der Waals surface area contributed by atoms with Crippen LogP contribution < -0.4 is 5.32 Å². The Morgan fingerprint density at radius 3 is 2.35 bits per heavy atom. The van der Waals surface area contributed by atoms with E-state index in [0.29, 0.717) is 11.6 Å². The zero-order chi connectivity index (χ0) is 17.9. The molecule has 6 nitrogen and oxygen atoms in total. The first-order valence-electron chi connectivity index (χ1n) is 7.98. The summed E-state index contributed by atoms with van der Waals surface area (Å²) in [7, 11) is 0. The first kappa shape index (κ1) is 15.7. The van der Waals surface area contributed by atoms with Gasteiger partial charge in [0.15, 0.2) is 5.82 Å². The molecule has 0 unspecified atom stereocenters. The van der Waals surface area contributed by atoms with Gasteiger partial charge in [0.05, 0.1) is 11.1 Å². The molecule has 0 radical (unpaired) electrons. The molecular weight excluding hydrogens is 328 g/mol. The van der Waals surface area contributed by atoms with E-state index in [-0.39, 0.29) is 5.56 Å². The van der Waals surface area contributed by atoms with E-state index in [9.17, 15) is 4.79 Å². The third-order valence-corrected chi connectivity index (χ3v) is 3.94. The normalized spacial score (nSPS) is 10.6. The van der Waals surface area contributed by atoms with Gasteiger partial charge in [-0.15, -0.1) is 0 Å². The number of aromatic carboxylic acids is 1. The van der Waals surface area contributed by atoms with Gasteiger partial charge in [0.2, 0.25) is 0 Å². The van der Waals surface area contributed by atoms with Crippen molar-refractivity contribution in [3.8, 4) is 11.4 Å². The number of hydrogen-bond acceptors (Lipinski definition) is 5. The number of aromatic nitrogens is 3. The highest BCUT2D eigenvalue weighted by Gasteiger charge is 2.10. The number of carboxylic acid groups (broad SMARTS) is 1. The van der Waals surface area contributed by atoms with Crippen molar-refractivity contribution in [1.29, 1.82) is 0 Å². The number of benzene rings is 2. The number of nitrogens with zero attached hydrogens (tertiary/aromatic N) is 3. The number of hydrogen-bond donors (Lipinski definition) is 2. The van der Waals surface area contributed by atoms with Crippen LogP contribution in [0.1, 0.15) is 10.4 Å². The summed E-state index contributed by atoms with van der Waals surface area (Å²) < 4.78 is 0. The molecule has 2 N–H and O–H groups in total. The number of para-hydroxylation sites is 1. The Bertz CT molecular complexity index is 1080. The summed E-state index contributed by atoms with van der Waals surface area (Å²) in [6.07, 6.45) is 3.40. The minimum absolute atomic E-state index is 0.237. The Balaban J connectivity index is 1.79. The quantitative estimate of drug-likeness (QED) is 0.580. The highest BCUT2D eigenvalue weighted by molar-refractivity contribution is 5.92. The molecule has 2 heterocycles. The first-order chi connectivity index (χ1) is 12.7. The Morgan fingerprint density at radius 1 is 0.885 bits per heavy atom. The Morgan fingerprint density at radius 2 is 1.62 bits per heavy atom. The average molecular weight is 342 g/mol. The molecule has 26 heavy (non-hydrogen) atoms. The van der Waals surface area contributed by atoms with E-state index >= 15 is 0 Å². The van der Waals surface area contributed by atoms with Crippen LogP contribution in [0.15, 0.2) is 73.1 Å². The second kappa shape index (κ2) is 6.60. The highest BCUT2D eigenvalue weighted by Crippen LogP contribution is 2.27. The molecule has 0 spiro atoms. The van der Waals surface area contributed by atoms with E-state index in [0.717, 1.165) is 22.2 Å². The first-order valence-corrected chi connectivity index (χ1v) is 7.98. The lowest BCUT2D eigenvalue weighted by molar-refractivity contribution is 0.0697. The second-order valence-corrected chi connectivity index (χ2v) is 5.66.